The molecule has 3 aromatic rings. The number of carbonyl (C=O) groups is 5. The van der Waals surface area contributed by atoms with Crippen molar-refractivity contribution in [3.05, 3.63) is 65.2 Å². The average molecular weight is 743 g/mol. The predicted molar refractivity (Wildman–Crippen MR) is 156 cm³/mol. The van der Waals surface area contributed by atoms with Gasteiger partial charge < -0.3 is 63.5 Å². The van der Waals surface area contributed by atoms with Gasteiger partial charge in [-0.1, -0.05) is 12.1 Å². The summed E-state index contributed by atoms with van der Waals surface area (Å²) in [6.45, 7) is -0.380. The van der Waals surface area contributed by atoms with Crippen LogP contribution in [0, 0.1) is 0 Å². The third-order valence-electron chi connectivity index (χ3n) is 7.53. The summed E-state index contributed by atoms with van der Waals surface area (Å²) >= 11 is 0. The van der Waals surface area contributed by atoms with Crippen LogP contribution < -0.4 is 110 Å². The van der Waals surface area contributed by atoms with Crippen LogP contribution in [0.1, 0.15) is 59.4 Å². The molecule has 0 aliphatic carbocycles. The molecule has 258 valence electrons. The summed E-state index contributed by atoms with van der Waals surface area (Å²) in [6, 6.07) is 10.6. The smallest absolute Gasteiger partial charge is 0.550 e. The molecule has 0 saturated carbocycles. The molecule has 2 heterocycles. The number of rotatable bonds is 12. The maximum atomic E-state index is 13.6. The number of esters is 2. The van der Waals surface area contributed by atoms with Gasteiger partial charge in [0.1, 0.15) is 29.4 Å². The third kappa shape index (κ3) is 10.1. The molecule has 0 amide bonds. The van der Waals surface area contributed by atoms with E-state index in [1.165, 1.54) is 43.5 Å². The van der Waals surface area contributed by atoms with E-state index in [1.807, 2.05) is 0 Å². The molecule has 0 fully saturated rings. The van der Waals surface area contributed by atoms with E-state index in [2.05, 4.69) is 0 Å². The van der Waals surface area contributed by atoms with Gasteiger partial charge in [-0.05, 0) is 37.1 Å². The Bertz CT molecular complexity index is 1810. The van der Waals surface area contributed by atoms with Crippen LogP contribution in [0.25, 0.3) is 0 Å². The summed E-state index contributed by atoms with van der Waals surface area (Å²) in [7, 11) is 1.33. The second-order valence-corrected chi connectivity index (χ2v) is 10.9. The van der Waals surface area contributed by atoms with Crippen molar-refractivity contribution >= 4 is 29.7 Å². The maximum absolute atomic E-state index is 13.6. The van der Waals surface area contributed by atoms with Crippen molar-refractivity contribution in [3.63, 3.8) is 0 Å². The zero-order chi connectivity index (χ0) is 35.4. The van der Waals surface area contributed by atoms with E-state index in [0.717, 1.165) is 12.1 Å². The predicted octanol–water partition coefficient (Wildman–Crippen LogP) is -5.47. The van der Waals surface area contributed by atoms with Crippen LogP contribution in [-0.2, 0) is 28.7 Å². The number of methoxy groups -OCH3 is 1. The van der Waals surface area contributed by atoms with Crippen LogP contribution in [0.2, 0.25) is 0 Å². The van der Waals surface area contributed by atoms with Gasteiger partial charge in [0, 0.05) is 35.2 Å². The molecule has 1 unspecified atom stereocenters. The summed E-state index contributed by atoms with van der Waals surface area (Å²) in [5.41, 5.74) is 0.226. The van der Waals surface area contributed by atoms with Gasteiger partial charge in [0.15, 0.2) is 41.3 Å². The Morgan fingerprint density at radius 2 is 1.37 bits per heavy atom. The fourth-order valence-corrected chi connectivity index (χ4v) is 5.22. The topological polar surface area (TPSA) is 248 Å². The van der Waals surface area contributed by atoms with Crippen molar-refractivity contribution < 1.29 is 159 Å². The summed E-state index contributed by atoms with van der Waals surface area (Å²) in [6.07, 6.45) is -7.41. The summed E-state index contributed by atoms with van der Waals surface area (Å²) in [5.74, 6) is -6.88. The molecule has 18 heteroatoms. The number of phenolic OH excluding ortho intramolecular Hbond substituents is 3. The van der Waals surface area contributed by atoms with Crippen molar-refractivity contribution in [3.8, 4) is 40.2 Å². The molecule has 2 aliphatic heterocycles. The van der Waals surface area contributed by atoms with Crippen LogP contribution in [0.5, 0.6) is 40.2 Å². The molecule has 0 bridgehead atoms. The second kappa shape index (κ2) is 18.3. The largest absolute Gasteiger partial charge is 1.00 e. The monoisotopic (exact) mass is 742 g/mol. The van der Waals surface area contributed by atoms with Crippen molar-refractivity contribution in [2.45, 2.75) is 50.1 Å². The molecular formula is C33H28KNaO16. The molecule has 3 aromatic carbocycles. The first-order valence-electron chi connectivity index (χ1n) is 14.7. The molecule has 5 rings (SSSR count). The number of hydrogen-bond acceptors (Lipinski definition) is 16. The third-order valence-corrected chi connectivity index (χ3v) is 7.53. The van der Waals surface area contributed by atoms with E-state index in [4.69, 9.17) is 28.4 Å². The molecule has 0 spiro atoms. The Morgan fingerprint density at radius 3 is 2.04 bits per heavy atom. The van der Waals surface area contributed by atoms with Crippen molar-refractivity contribution in [1.29, 1.82) is 0 Å². The fourth-order valence-electron chi connectivity index (χ4n) is 5.22. The Balaban J connectivity index is 0.00000351. The van der Waals surface area contributed by atoms with Crippen LogP contribution in [-0.4, -0.2) is 70.9 Å². The summed E-state index contributed by atoms with van der Waals surface area (Å²) in [5, 5.41) is 52.2. The van der Waals surface area contributed by atoms with E-state index in [1.54, 1.807) is 0 Å². The SMILES string of the molecule is COc1cc([C@H]2Oc3cc(C4Oc5cc(O)cc(O)c5C(=O)[C@@H]4OC(=O)CCC(=O)[O-])ccc3O[C@@H]2COC(=O)CCC(=O)[O-])ccc1O.[K+].[Na+]. The first kappa shape index (κ1) is 41.9. The van der Waals surface area contributed by atoms with Gasteiger partial charge >= 0.3 is 92.9 Å². The number of aromatic hydroxyl groups is 3. The van der Waals surface area contributed by atoms with Crippen molar-refractivity contribution in [2.24, 2.45) is 0 Å². The van der Waals surface area contributed by atoms with Crippen LogP contribution >= 0.6 is 0 Å². The molecule has 0 radical (unpaired) electrons. The number of aliphatic carboxylic acids is 2. The zero-order valence-electron chi connectivity index (χ0n) is 27.6. The van der Waals surface area contributed by atoms with E-state index >= 15 is 0 Å². The van der Waals surface area contributed by atoms with E-state index in [0.29, 0.717) is 5.56 Å². The van der Waals surface area contributed by atoms with E-state index < -0.39 is 91.3 Å². The number of benzene rings is 3. The Labute approximate surface area is 354 Å². The number of Topliss-reactive ketones (excluding diaryl/α,β-unsaturated/α-hetero) is 1. The minimum absolute atomic E-state index is 0. The minimum atomic E-state index is -1.72. The Morgan fingerprint density at radius 1 is 0.745 bits per heavy atom. The molecule has 16 nitrogen and oxygen atoms in total. The Hall–Kier alpha value is -3.55. The number of phenols is 3. The number of hydrogen-bond donors (Lipinski definition) is 3. The van der Waals surface area contributed by atoms with E-state index in [-0.39, 0.29) is 127 Å². The molecule has 0 saturated heterocycles. The molecule has 0 aromatic heterocycles. The first-order chi connectivity index (χ1) is 23.3. The van der Waals surface area contributed by atoms with E-state index in [9.17, 15) is 49.5 Å². The number of carboxylic acid groups (broad SMARTS) is 2. The standard InChI is InChI=1S/C33H30O16.K.Na/c1-44-21-10-15(2-4-18(21)35)31-24(14-45-27(41)8-6-25(37)38)46-20-5-3-16(11-22(20)47-31)32-33(49-28(42)9-7-26(39)40)30(43)29-19(36)12-17(34)13-23(29)48-32;;/h2-5,10-13,24,31-36H,6-9,14H2,1H3,(H,37,38)(H,39,40);;/q;2*+1/p-2/t24-,31-,32?,33+;;/m1../s1. The number of ether oxygens (including phenoxy) is 6. The van der Waals surface area contributed by atoms with Gasteiger partial charge in [0.25, 0.3) is 0 Å². The van der Waals surface area contributed by atoms with Gasteiger partial charge in [-0.15, -0.1) is 0 Å². The number of carbonyl (C=O) groups excluding carboxylic acids is 5. The van der Waals surface area contributed by atoms with Gasteiger partial charge in [0.05, 0.1) is 20.0 Å². The molecular weight excluding hydrogens is 714 g/mol. The van der Waals surface area contributed by atoms with Crippen LogP contribution in [0.3, 0.4) is 0 Å². The summed E-state index contributed by atoms with van der Waals surface area (Å²) < 4.78 is 34.2. The number of fused-ring (bicyclic) bond motifs is 2. The van der Waals surface area contributed by atoms with Crippen LogP contribution in [0.4, 0.5) is 0 Å². The first-order valence-corrected chi connectivity index (χ1v) is 14.7. The second-order valence-electron chi connectivity index (χ2n) is 10.9. The van der Waals surface area contributed by atoms with Crippen LogP contribution in [0.15, 0.2) is 48.5 Å². The average Bonchev–Trinajstić information content (AvgIpc) is 3.05. The fraction of sp³-hybridized carbons (Fsp3) is 0.303. The maximum Gasteiger partial charge on any atom is 1.00 e. The molecule has 51 heavy (non-hydrogen) atoms. The minimum Gasteiger partial charge on any atom is -0.550 e. The van der Waals surface area contributed by atoms with Gasteiger partial charge in [-0.25, -0.2) is 0 Å². The van der Waals surface area contributed by atoms with Gasteiger partial charge in [0.2, 0.25) is 11.9 Å². The van der Waals surface area contributed by atoms with Gasteiger partial charge in [-0.2, -0.15) is 0 Å². The number of carboxylic acids is 2. The van der Waals surface area contributed by atoms with Gasteiger partial charge in [-0.3, -0.25) is 14.4 Å². The van der Waals surface area contributed by atoms with Crippen molar-refractivity contribution in [2.75, 3.05) is 13.7 Å². The summed E-state index contributed by atoms with van der Waals surface area (Å²) in [4.78, 5) is 60.0. The number of ketones is 1. The quantitative estimate of drug-likeness (QED) is 0.116. The zero-order valence-corrected chi connectivity index (χ0v) is 32.7. The normalized spacial score (nSPS) is 18.4. The molecule has 3 N–H and O–H groups in total. The molecule has 4 atom stereocenters. The Kier molecular flexibility index (Phi) is 15.0. The van der Waals surface area contributed by atoms with Crippen molar-refractivity contribution in [1.82, 2.24) is 0 Å². The molecule has 2 aliphatic rings.